The Balaban J connectivity index is 1.96. The Bertz CT molecular complexity index is 332. The van der Waals surface area contributed by atoms with Gasteiger partial charge in [0.15, 0.2) is 0 Å². The molecule has 92 valence electrons. The first kappa shape index (κ1) is 13.8. The van der Waals surface area contributed by atoms with E-state index < -0.39 is 0 Å². The highest BCUT2D eigenvalue weighted by atomic mass is 16.5. The molecular formula is C16H22O. The zero-order valence-corrected chi connectivity index (χ0v) is 10.7. The average Bonchev–Trinajstić information content (AvgIpc) is 2.38. The molecule has 1 nitrogen and oxygen atoms in total. The van der Waals surface area contributed by atoms with Gasteiger partial charge >= 0.3 is 0 Å². The quantitative estimate of drug-likeness (QED) is 0.504. The molecule has 0 radical (unpaired) electrons. The van der Waals surface area contributed by atoms with Crippen LogP contribution >= 0.6 is 0 Å². The van der Waals surface area contributed by atoms with Gasteiger partial charge in [0.25, 0.3) is 0 Å². The van der Waals surface area contributed by atoms with E-state index in [-0.39, 0.29) is 0 Å². The minimum absolute atomic E-state index is 0.712. The van der Waals surface area contributed by atoms with Crippen LogP contribution in [0.25, 0.3) is 0 Å². The van der Waals surface area contributed by atoms with E-state index in [1.807, 2.05) is 18.2 Å². The summed E-state index contributed by atoms with van der Waals surface area (Å²) in [4.78, 5) is 0. The molecule has 0 saturated carbocycles. The van der Waals surface area contributed by atoms with Crippen LogP contribution in [0.5, 0.6) is 0 Å². The molecule has 0 amide bonds. The van der Waals surface area contributed by atoms with E-state index in [4.69, 9.17) is 4.74 Å². The summed E-state index contributed by atoms with van der Waals surface area (Å²) in [6.45, 7) is 3.71. The maximum atomic E-state index is 5.58. The third-order valence-electron chi connectivity index (χ3n) is 2.48. The van der Waals surface area contributed by atoms with Crippen LogP contribution in [0.15, 0.2) is 30.3 Å². The van der Waals surface area contributed by atoms with E-state index in [1.54, 1.807) is 0 Å². The fraction of sp³-hybridized carbons (Fsp3) is 0.500. The van der Waals surface area contributed by atoms with E-state index in [9.17, 15) is 0 Å². The van der Waals surface area contributed by atoms with Gasteiger partial charge in [-0.15, -0.1) is 11.8 Å². The van der Waals surface area contributed by atoms with Gasteiger partial charge in [0.2, 0.25) is 0 Å². The third-order valence-corrected chi connectivity index (χ3v) is 2.48. The molecule has 17 heavy (non-hydrogen) atoms. The van der Waals surface area contributed by atoms with Crippen LogP contribution in [0.1, 0.15) is 44.6 Å². The highest BCUT2D eigenvalue weighted by molar-refractivity contribution is 5.13. The molecule has 0 bridgehead atoms. The zero-order valence-electron chi connectivity index (χ0n) is 10.7. The molecule has 0 saturated heterocycles. The molecule has 0 aliphatic rings. The Morgan fingerprint density at radius 1 is 1.00 bits per heavy atom. The monoisotopic (exact) mass is 230 g/mol. The van der Waals surface area contributed by atoms with Gasteiger partial charge in [0, 0.05) is 19.4 Å². The van der Waals surface area contributed by atoms with E-state index in [1.165, 1.54) is 18.4 Å². The summed E-state index contributed by atoms with van der Waals surface area (Å²) >= 11 is 0. The van der Waals surface area contributed by atoms with Crippen molar-refractivity contribution in [1.29, 1.82) is 0 Å². The molecule has 1 aromatic carbocycles. The highest BCUT2D eigenvalue weighted by Gasteiger charge is 1.90. The maximum absolute atomic E-state index is 5.58. The van der Waals surface area contributed by atoms with Gasteiger partial charge in [0.05, 0.1) is 6.61 Å². The number of benzene rings is 1. The smallest absolute Gasteiger partial charge is 0.0716 e. The summed E-state index contributed by atoms with van der Waals surface area (Å²) in [6, 6.07) is 10.3. The second kappa shape index (κ2) is 9.93. The lowest BCUT2D eigenvalue weighted by molar-refractivity contribution is 0.119. The molecule has 1 heteroatoms. The molecule has 0 aromatic heterocycles. The first-order valence-corrected chi connectivity index (χ1v) is 6.51. The van der Waals surface area contributed by atoms with Crippen molar-refractivity contribution in [3.05, 3.63) is 35.9 Å². The average molecular weight is 230 g/mol. The van der Waals surface area contributed by atoms with Gasteiger partial charge in [-0.25, -0.2) is 0 Å². The predicted molar refractivity (Wildman–Crippen MR) is 72.6 cm³/mol. The summed E-state index contributed by atoms with van der Waals surface area (Å²) in [7, 11) is 0. The van der Waals surface area contributed by atoms with Crippen molar-refractivity contribution in [2.75, 3.05) is 6.61 Å². The van der Waals surface area contributed by atoms with Crippen LogP contribution in [0, 0.1) is 11.8 Å². The molecule has 0 aliphatic heterocycles. The van der Waals surface area contributed by atoms with Crippen molar-refractivity contribution in [2.24, 2.45) is 0 Å². The first-order valence-electron chi connectivity index (χ1n) is 6.51. The molecule has 0 fully saturated rings. The largest absolute Gasteiger partial charge is 0.377 e. The van der Waals surface area contributed by atoms with Crippen molar-refractivity contribution < 1.29 is 4.74 Å². The number of unbranched alkanes of at least 4 members (excludes halogenated alkanes) is 3. The molecule has 0 atom stereocenters. The van der Waals surface area contributed by atoms with Gasteiger partial charge < -0.3 is 4.74 Å². The second-order valence-corrected chi connectivity index (χ2v) is 4.10. The molecule has 0 spiro atoms. The van der Waals surface area contributed by atoms with Gasteiger partial charge in [-0.1, -0.05) is 43.7 Å². The van der Waals surface area contributed by atoms with Crippen LogP contribution in [0.4, 0.5) is 0 Å². The zero-order chi connectivity index (χ0) is 12.2. The standard InChI is InChI=1S/C16H22O/c1-2-3-4-5-6-7-11-14-17-15-16-12-9-8-10-13-16/h8-10,12-13H,2-4,7,11,14-15H2,1H3. The van der Waals surface area contributed by atoms with E-state index in [0.29, 0.717) is 6.61 Å². The van der Waals surface area contributed by atoms with Gasteiger partial charge in [-0.2, -0.15) is 0 Å². The summed E-state index contributed by atoms with van der Waals surface area (Å²) < 4.78 is 5.58. The van der Waals surface area contributed by atoms with Crippen LogP contribution in [-0.2, 0) is 11.3 Å². The van der Waals surface area contributed by atoms with E-state index >= 15 is 0 Å². The second-order valence-electron chi connectivity index (χ2n) is 4.10. The summed E-state index contributed by atoms with van der Waals surface area (Å²) in [5.41, 5.74) is 1.24. The lowest BCUT2D eigenvalue weighted by atomic mass is 10.2. The molecular weight excluding hydrogens is 208 g/mol. The number of ether oxygens (including phenoxy) is 1. The lowest BCUT2D eigenvalue weighted by Crippen LogP contribution is -1.94. The highest BCUT2D eigenvalue weighted by Crippen LogP contribution is 2.01. The Kier molecular flexibility index (Phi) is 8.06. The predicted octanol–water partition coefficient (Wildman–Crippen LogP) is 4.18. The third kappa shape index (κ3) is 7.60. The number of rotatable bonds is 7. The van der Waals surface area contributed by atoms with Crippen molar-refractivity contribution in [3.8, 4) is 11.8 Å². The Hall–Kier alpha value is -1.26. The van der Waals surface area contributed by atoms with Crippen LogP contribution in [-0.4, -0.2) is 6.61 Å². The van der Waals surface area contributed by atoms with E-state index in [2.05, 4.69) is 30.9 Å². The molecule has 0 aliphatic carbocycles. The molecule has 0 N–H and O–H groups in total. The van der Waals surface area contributed by atoms with Crippen LogP contribution in [0.3, 0.4) is 0 Å². The minimum Gasteiger partial charge on any atom is -0.377 e. The van der Waals surface area contributed by atoms with Crippen LogP contribution in [0.2, 0.25) is 0 Å². The summed E-state index contributed by atoms with van der Waals surface area (Å²) in [5.74, 6) is 6.38. The Morgan fingerprint density at radius 2 is 1.71 bits per heavy atom. The van der Waals surface area contributed by atoms with Gasteiger partial charge in [0.1, 0.15) is 0 Å². The van der Waals surface area contributed by atoms with Gasteiger partial charge in [-0.05, 0) is 18.4 Å². The molecule has 0 unspecified atom stereocenters. The fourth-order valence-corrected chi connectivity index (χ4v) is 1.47. The van der Waals surface area contributed by atoms with Crippen LogP contribution < -0.4 is 0 Å². The van der Waals surface area contributed by atoms with E-state index in [0.717, 1.165) is 25.9 Å². The first-order chi connectivity index (χ1) is 8.43. The summed E-state index contributed by atoms with van der Waals surface area (Å²) in [6.07, 6.45) is 5.48. The molecule has 1 aromatic rings. The number of hydrogen-bond donors (Lipinski definition) is 0. The Morgan fingerprint density at radius 3 is 2.41 bits per heavy atom. The van der Waals surface area contributed by atoms with Crippen molar-refractivity contribution in [3.63, 3.8) is 0 Å². The number of hydrogen-bond acceptors (Lipinski definition) is 1. The van der Waals surface area contributed by atoms with Crippen molar-refractivity contribution in [1.82, 2.24) is 0 Å². The minimum atomic E-state index is 0.712. The van der Waals surface area contributed by atoms with Crippen molar-refractivity contribution in [2.45, 2.75) is 45.6 Å². The maximum Gasteiger partial charge on any atom is 0.0716 e. The SMILES string of the molecule is CCCCC#CCCCOCc1ccccc1. The molecule has 1 rings (SSSR count). The topological polar surface area (TPSA) is 9.23 Å². The Labute approximate surface area is 105 Å². The lowest BCUT2D eigenvalue weighted by Gasteiger charge is -2.02. The summed E-state index contributed by atoms with van der Waals surface area (Å²) in [5, 5.41) is 0. The molecule has 0 heterocycles. The normalized spacial score (nSPS) is 9.71. The van der Waals surface area contributed by atoms with Crippen molar-refractivity contribution >= 4 is 0 Å². The fourth-order valence-electron chi connectivity index (χ4n) is 1.47. The van der Waals surface area contributed by atoms with Gasteiger partial charge in [-0.3, -0.25) is 0 Å².